The van der Waals surface area contributed by atoms with Crippen LogP contribution in [0.4, 0.5) is 0 Å². The van der Waals surface area contributed by atoms with Crippen LogP contribution in [0.15, 0.2) is 168 Å². The van der Waals surface area contributed by atoms with Gasteiger partial charge in [0, 0.05) is 47.6 Å². The molecule has 0 amide bonds. The fourth-order valence-electron chi connectivity index (χ4n) is 6.93. The highest BCUT2D eigenvalue weighted by atomic mass is 32.1. The first-order valence-electron chi connectivity index (χ1n) is 16.6. The first-order valence-corrected chi connectivity index (χ1v) is 17.4. The van der Waals surface area contributed by atoms with Gasteiger partial charge in [-0.25, -0.2) is 15.0 Å². The van der Waals surface area contributed by atoms with Gasteiger partial charge < -0.3 is 4.42 Å². The summed E-state index contributed by atoms with van der Waals surface area (Å²) in [5, 5.41) is 4.71. The SMILES string of the molecule is c1ccc(-c2ccccc2-c2nc(-c3ccc(-c4ccc5c(c4)oc4ccccc45)cc3)nc(-c3cccc4c3sc3ccccc34)n2)cc1. The Morgan fingerprint density at radius 3 is 1.82 bits per heavy atom. The number of nitrogens with zero attached hydrogens (tertiary/aromatic N) is 3. The molecule has 234 valence electrons. The van der Waals surface area contributed by atoms with Gasteiger partial charge in [-0.1, -0.05) is 133 Å². The normalized spacial score (nSPS) is 11.6. The van der Waals surface area contributed by atoms with Gasteiger partial charge in [-0.05, 0) is 52.6 Å². The Balaban J connectivity index is 1.13. The molecule has 0 aliphatic carbocycles. The number of rotatable bonds is 5. The van der Waals surface area contributed by atoms with E-state index in [-0.39, 0.29) is 0 Å². The topological polar surface area (TPSA) is 51.8 Å². The van der Waals surface area contributed by atoms with Gasteiger partial charge in [0.1, 0.15) is 11.2 Å². The molecule has 0 saturated carbocycles. The van der Waals surface area contributed by atoms with Crippen LogP contribution in [0.25, 0.3) is 98.5 Å². The lowest BCUT2D eigenvalue weighted by atomic mass is 9.99. The highest BCUT2D eigenvalue weighted by Gasteiger charge is 2.18. The van der Waals surface area contributed by atoms with Gasteiger partial charge in [0.15, 0.2) is 17.5 Å². The van der Waals surface area contributed by atoms with Crippen LogP contribution in [0.2, 0.25) is 0 Å². The molecule has 50 heavy (non-hydrogen) atoms. The van der Waals surface area contributed by atoms with Crippen LogP contribution in [0, 0.1) is 0 Å². The Hall–Kier alpha value is -6.43. The van der Waals surface area contributed by atoms with Crippen LogP contribution >= 0.6 is 11.3 Å². The summed E-state index contributed by atoms with van der Waals surface area (Å²) in [4.78, 5) is 15.5. The number of hydrogen-bond acceptors (Lipinski definition) is 5. The smallest absolute Gasteiger partial charge is 0.165 e. The van der Waals surface area contributed by atoms with Crippen molar-refractivity contribution in [3.8, 4) is 56.4 Å². The van der Waals surface area contributed by atoms with Crippen LogP contribution < -0.4 is 0 Å². The molecule has 4 nitrogen and oxygen atoms in total. The lowest BCUT2D eigenvalue weighted by molar-refractivity contribution is 0.669. The van der Waals surface area contributed by atoms with Crippen molar-refractivity contribution < 1.29 is 4.42 Å². The monoisotopic (exact) mass is 657 g/mol. The highest BCUT2D eigenvalue weighted by Crippen LogP contribution is 2.40. The minimum absolute atomic E-state index is 0.630. The van der Waals surface area contributed by atoms with E-state index in [1.165, 1.54) is 20.2 Å². The number of thiophene rings is 1. The number of furan rings is 1. The molecule has 10 aromatic rings. The van der Waals surface area contributed by atoms with Gasteiger partial charge in [-0.2, -0.15) is 0 Å². The van der Waals surface area contributed by atoms with Crippen molar-refractivity contribution in [2.75, 3.05) is 0 Å². The van der Waals surface area contributed by atoms with Gasteiger partial charge in [-0.3, -0.25) is 0 Å². The minimum atomic E-state index is 0.630. The summed E-state index contributed by atoms with van der Waals surface area (Å²) >= 11 is 1.78. The fraction of sp³-hybridized carbons (Fsp3) is 0. The summed E-state index contributed by atoms with van der Waals surface area (Å²) < 4.78 is 8.60. The maximum Gasteiger partial charge on any atom is 0.165 e. The zero-order valence-electron chi connectivity index (χ0n) is 26.7. The minimum Gasteiger partial charge on any atom is -0.456 e. The summed E-state index contributed by atoms with van der Waals surface area (Å²) in [6.45, 7) is 0. The van der Waals surface area contributed by atoms with Crippen LogP contribution in [-0.4, -0.2) is 15.0 Å². The summed E-state index contributed by atoms with van der Waals surface area (Å²) in [7, 11) is 0. The predicted molar refractivity (Wildman–Crippen MR) is 207 cm³/mol. The molecule has 0 saturated heterocycles. The van der Waals surface area contributed by atoms with Gasteiger partial charge in [0.05, 0.1) is 0 Å². The molecule has 7 aromatic carbocycles. The number of benzene rings is 7. The molecule has 0 atom stereocenters. The molecule has 10 rings (SSSR count). The summed E-state index contributed by atoms with van der Waals surface area (Å²) in [5.74, 6) is 1.93. The van der Waals surface area contributed by atoms with Crippen LogP contribution in [0.3, 0.4) is 0 Å². The van der Waals surface area contributed by atoms with E-state index in [1.54, 1.807) is 11.3 Å². The van der Waals surface area contributed by atoms with Crippen LogP contribution in [-0.2, 0) is 0 Å². The molecule has 0 bridgehead atoms. The third kappa shape index (κ3) is 4.79. The Morgan fingerprint density at radius 1 is 0.360 bits per heavy atom. The fourth-order valence-corrected chi connectivity index (χ4v) is 8.15. The standard InChI is InChI=1S/C45H27N3OS/c1-2-11-29(12-3-1)32-13-4-5-16-37(32)44-46-43(47-45(48-44)38-18-10-17-36-35-15-7-9-20-41(35)50-42(36)38)30-23-21-28(22-24-30)31-25-26-34-33-14-6-8-19-39(33)49-40(34)27-31/h1-27H. The average molecular weight is 658 g/mol. The van der Waals surface area contributed by atoms with E-state index in [9.17, 15) is 0 Å². The molecule has 0 aliphatic rings. The third-order valence-electron chi connectivity index (χ3n) is 9.39. The molecular formula is C45H27N3OS. The average Bonchev–Trinajstić information content (AvgIpc) is 3.76. The molecule has 3 aromatic heterocycles. The second-order valence-corrected chi connectivity index (χ2v) is 13.4. The van der Waals surface area contributed by atoms with E-state index in [0.29, 0.717) is 17.5 Å². The zero-order chi connectivity index (χ0) is 33.0. The molecule has 0 spiro atoms. The number of fused-ring (bicyclic) bond motifs is 6. The van der Waals surface area contributed by atoms with E-state index in [4.69, 9.17) is 19.4 Å². The maximum atomic E-state index is 6.18. The summed E-state index contributed by atoms with van der Waals surface area (Å²) in [6, 6.07) is 56.8. The van der Waals surface area contributed by atoms with E-state index in [1.807, 2.05) is 30.3 Å². The lowest BCUT2D eigenvalue weighted by Gasteiger charge is -2.12. The molecular weight excluding hydrogens is 631 g/mol. The predicted octanol–water partition coefficient (Wildman–Crippen LogP) is 12.5. The zero-order valence-corrected chi connectivity index (χ0v) is 27.6. The molecule has 0 N–H and O–H groups in total. The highest BCUT2D eigenvalue weighted by molar-refractivity contribution is 7.26. The van der Waals surface area contributed by atoms with E-state index >= 15 is 0 Å². The number of aromatic nitrogens is 3. The molecule has 0 radical (unpaired) electrons. The summed E-state index contributed by atoms with van der Waals surface area (Å²) in [5.41, 5.74) is 9.04. The Morgan fingerprint density at radius 2 is 0.960 bits per heavy atom. The van der Waals surface area contributed by atoms with Gasteiger partial charge >= 0.3 is 0 Å². The van der Waals surface area contributed by atoms with Crippen molar-refractivity contribution in [2.45, 2.75) is 0 Å². The van der Waals surface area contributed by atoms with Gasteiger partial charge in [-0.15, -0.1) is 11.3 Å². The largest absolute Gasteiger partial charge is 0.456 e. The maximum absolute atomic E-state index is 6.18. The van der Waals surface area contributed by atoms with Crippen molar-refractivity contribution in [3.05, 3.63) is 164 Å². The lowest BCUT2D eigenvalue weighted by Crippen LogP contribution is -2.01. The molecule has 0 fully saturated rings. The van der Waals surface area contributed by atoms with E-state index in [2.05, 4.69) is 133 Å². The molecule has 0 aliphatic heterocycles. The Labute approximate surface area is 292 Å². The first-order chi connectivity index (χ1) is 24.8. The molecule has 5 heteroatoms. The number of para-hydroxylation sites is 1. The number of hydrogen-bond donors (Lipinski definition) is 0. The van der Waals surface area contributed by atoms with Crippen molar-refractivity contribution >= 4 is 53.4 Å². The Kier molecular flexibility index (Phi) is 6.64. The molecule has 0 unspecified atom stereocenters. The first kappa shape index (κ1) is 28.6. The van der Waals surface area contributed by atoms with E-state index in [0.717, 1.165) is 60.9 Å². The van der Waals surface area contributed by atoms with E-state index < -0.39 is 0 Å². The van der Waals surface area contributed by atoms with Crippen molar-refractivity contribution in [2.24, 2.45) is 0 Å². The second-order valence-electron chi connectivity index (χ2n) is 12.4. The van der Waals surface area contributed by atoms with Crippen molar-refractivity contribution in [1.29, 1.82) is 0 Å². The molecule has 3 heterocycles. The van der Waals surface area contributed by atoms with Crippen LogP contribution in [0.1, 0.15) is 0 Å². The summed E-state index contributed by atoms with van der Waals surface area (Å²) in [6.07, 6.45) is 0. The van der Waals surface area contributed by atoms with Gasteiger partial charge in [0.25, 0.3) is 0 Å². The second kappa shape index (κ2) is 11.6. The Bertz CT molecular complexity index is 2870. The van der Waals surface area contributed by atoms with Crippen molar-refractivity contribution in [1.82, 2.24) is 15.0 Å². The third-order valence-corrected chi connectivity index (χ3v) is 10.6. The van der Waals surface area contributed by atoms with Gasteiger partial charge in [0.2, 0.25) is 0 Å². The van der Waals surface area contributed by atoms with Crippen LogP contribution in [0.5, 0.6) is 0 Å². The van der Waals surface area contributed by atoms with Crippen molar-refractivity contribution in [3.63, 3.8) is 0 Å². The quantitative estimate of drug-likeness (QED) is 0.185.